The highest BCUT2D eigenvalue weighted by Gasteiger charge is 2.68. The Morgan fingerprint density at radius 2 is 1.82 bits per heavy atom. The van der Waals surface area contributed by atoms with Crippen LogP contribution < -0.4 is 10.1 Å². The molecule has 3 aromatic rings. The molecule has 1 aromatic heterocycles. The zero-order valence-corrected chi connectivity index (χ0v) is 18.9. The van der Waals surface area contributed by atoms with Crippen LogP contribution in [-0.2, 0) is 4.79 Å². The molecule has 170 valence electrons. The Bertz CT molecular complexity index is 1220. The quantitative estimate of drug-likeness (QED) is 0.454. The van der Waals surface area contributed by atoms with Gasteiger partial charge in [0.05, 0.1) is 5.02 Å². The summed E-state index contributed by atoms with van der Waals surface area (Å²) in [7, 11) is 0. The molecule has 33 heavy (non-hydrogen) atoms. The van der Waals surface area contributed by atoms with Crippen LogP contribution in [0.25, 0.3) is 11.3 Å². The predicted octanol–water partition coefficient (Wildman–Crippen LogP) is 5.48. The molecule has 6 nitrogen and oxygen atoms in total. The topological polar surface area (TPSA) is 81.4 Å². The maximum atomic E-state index is 13.5. The van der Waals surface area contributed by atoms with Crippen molar-refractivity contribution in [2.45, 2.75) is 31.2 Å². The monoisotopic (exact) mass is 488 g/mol. The molecule has 0 unspecified atom stereocenters. The number of Topliss-reactive ketones (excluding diaryl/α,β-unsaturated/α-hetero) is 1. The molecular formula is C24H19Cl2FN2O4. The summed E-state index contributed by atoms with van der Waals surface area (Å²) < 4.78 is 24.1. The van der Waals surface area contributed by atoms with Crippen molar-refractivity contribution in [2.75, 3.05) is 6.61 Å². The number of aromatic nitrogens is 1. The zero-order valence-electron chi connectivity index (χ0n) is 17.4. The standard InChI is InChI=1S/C24H19Cl2FN2O4/c25-15-3-1-14(2-4-15)20-8-21(33-29-20)22(31)28-24-11-23(12-24,13-24)9-16(30)10-32-17-5-6-18(26)19(27)7-17/h1-8H,9-13H2,(H,28,31). The normalized spacial score (nSPS) is 22.8. The maximum Gasteiger partial charge on any atom is 0.290 e. The first-order valence-electron chi connectivity index (χ1n) is 10.4. The number of nitrogens with zero attached hydrogens (tertiary/aromatic N) is 1. The van der Waals surface area contributed by atoms with Crippen LogP contribution in [0.3, 0.4) is 0 Å². The SMILES string of the molecule is O=C(COc1ccc(Cl)c(F)c1)CC12CC(NC(=O)c3cc(-c4ccc(Cl)cc4)no3)(C1)C2. The molecule has 3 aliphatic rings. The molecule has 6 rings (SSSR count). The van der Waals surface area contributed by atoms with Crippen molar-refractivity contribution in [1.29, 1.82) is 0 Å². The summed E-state index contributed by atoms with van der Waals surface area (Å²) in [5, 5.41) is 7.60. The lowest BCUT2D eigenvalue weighted by molar-refractivity contribution is -0.162. The van der Waals surface area contributed by atoms with E-state index >= 15 is 0 Å². The number of ether oxygens (including phenoxy) is 1. The fourth-order valence-electron chi connectivity index (χ4n) is 4.96. The Labute approximate surface area is 199 Å². The lowest BCUT2D eigenvalue weighted by Crippen LogP contribution is -2.75. The second-order valence-corrected chi connectivity index (χ2v) is 9.77. The van der Waals surface area contributed by atoms with Crippen LogP contribution in [0.5, 0.6) is 5.75 Å². The molecule has 3 saturated carbocycles. The van der Waals surface area contributed by atoms with Gasteiger partial charge in [0.25, 0.3) is 5.91 Å². The fourth-order valence-corrected chi connectivity index (χ4v) is 5.20. The van der Waals surface area contributed by atoms with Gasteiger partial charge in [0.15, 0.2) is 5.78 Å². The van der Waals surface area contributed by atoms with Crippen molar-refractivity contribution >= 4 is 34.9 Å². The number of hydrogen-bond donors (Lipinski definition) is 1. The molecule has 2 aromatic carbocycles. The minimum atomic E-state index is -0.592. The molecule has 2 bridgehead atoms. The first kappa shape index (κ1) is 21.9. The number of halogens is 3. The van der Waals surface area contributed by atoms with Gasteiger partial charge in [-0.05, 0) is 48.9 Å². The number of nitrogens with one attached hydrogen (secondary N) is 1. The van der Waals surface area contributed by atoms with E-state index in [4.69, 9.17) is 32.5 Å². The highest BCUT2D eigenvalue weighted by Crippen LogP contribution is 2.69. The lowest BCUT2D eigenvalue weighted by atomic mass is 9.38. The molecule has 1 amide bonds. The minimum Gasteiger partial charge on any atom is -0.486 e. The van der Waals surface area contributed by atoms with Crippen molar-refractivity contribution in [3.8, 4) is 17.0 Å². The lowest BCUT2D eigenvalue weighted by Gasteiger charge is -2.70. The third-order valence-electron chi connectivity index (χ3n) is 6.26. The van der Waals surface area contributed by atoms with Gasteiger partial charge in [0, 0.05) is 34.7 Å². The van der Waals surface area contributed by atoms with E-state index in [-0.39, 0.29) is 45.8 Å². The zero-order chi connectivity index (χ0) is 23.2. The smallest absolute Gasteiger partial charge is 0.290 e. The van der Waals surface area contributed by atoms with Crippen LogP contribution in [-0.4, -0.2) is 29.0 Å². The number of carbonyl (C=O) groups is 2. The first-order chi connectivity index (χ1) is 15.7. The minimum absolute atomic E-state index is 0.00132. The van der Waals surface area contributed by atoms with E-state index < -0.39 is 5.82 Å². The fraction of sp³-hybridized carbons (Fsp3) is 0.292. The summed E-state index contributed by atoms with van der Waals surface area (Å²) in [6.45, 7) is -0.131. The third-order valence-corrected chi connectivity index (χ3v) is 6.81. The third kappa shape index (κ3) is 4.35. The van der Waals surface area contributed by atoms with Crippen LogP contribution in [0.4, 0.5) is 4.39 Å². The highest BCUT2D eigenvalue weighted by molar-refractivity contribution is 6.31. The van der Waals surface area contributed by atoms with Gasteiger partial charge in [-0.3, -0.25) is 9.59 Å². The Hall–Kier alpha value is -2.90. The average Bonchev–Trinajstić information content (AvgIpc) is 3.23. The highest BCUT2D eigenvalue weighted by atomic mass is 35.5. The number of hydrogen-bond acceptors (Lipinski definition) is 5. The molecule has 0 radical (unpaired) electrons. The summed E-state index contributed by atoms with van der Waals surface area (Å²) in [6, 6.07) is 12.7. The van der Waals surface area contributed by atoms with Crippen molar-refractivity contribution < 1.29 is 23.2 Å². The van der Waals surface area contributed by atoms with Crippen molar-refractivity contribution in [3.05, 3.63) is 70.2 Å². The van der Waals surface area contributed by atoms with Gasteiger partial charge in [-0.15, -0.1) is 0 Å². The Morgan fingerprint density at radius 1 is 1.09 bits per heavy atom. The number of carbonyl (C=O) groups excluding carboxylic acids is 2. The first-order valence-corrected chi connectivity index (χ1v) is 11.2. The van der Waals surface area contributed by atoms with Crippen LogP contribution >= 0.6 is 23.2 Å². The van der Waals surface area contributed by atoms with Crippen molar-refractivity contribution in [2.24, 2.45) is 5.41 Å². The predicted molar refractivity (Wildman–Crippen MR) is 120 cm³/mol. The van der Waals surface area contributed by atoms with Crippen LogP contribution in [0.2, 0.25) is 10.0 Å². The Kier molecular flexibility index (Phi) is 5.41. The molecule has 1 heterocycles. The van der Waals surface area contributed by atoms with Crippen molar-refractivity contribution in [1.82, 2.24) is 10.5 Å². The van der Waals surface area contributed by atoms with Gasteiger partial charge in [0.1, 0.15) is 23.9 Å². The molecular weight excluding hydrogens is 470 g/mol. The van der Waals surface area contributed by atoms with E-state index in [0.717, 1.165) is 30.9 Å². The molecule has 3 fully saturated rings. The van der Waals surface area contributed by atoms with Gasteiger partial charge in [0.2, 0.25) is 5.76 Å². The van der Waals surface area contributed by atoms with E-state index in [1.54, 1.807) is 30.3 Å². The number of rotatable bonds is 8. The van der Waals surface area contributed by atoms with E-state index in [1.165, 1.54) is 12.1 Å². The maximum absolute atomic E-state index is 13.5. The average molecular weight is 489 g/mol. The van der Waals surface area contributed by atoms with E-state index in [2.05, 4.69) is 10.5 Å². The Balaban J connectivity index is 1.10. The number of ketones is 1. The molecule has 0 atom stereocenters. The van der Waals surface area contributed by atoms with Crippen LogP contribution in [0, 0.1) is 11.2 Å². The number of benzene rings is 2. The molecule has 0 spiro atoms. The van der Waals surface area contributed by atoms with Crippen LogP contribution in [0.1, 0.15) is 36.2 Å². The second-order valence-electron chi connectivity index (χ2n) is 8.93. The molecule has 9 heteroatoms. The largest absolute Gasteiger partial charge is 0.486 e. The summed E-state index contributed by atoms with van der Waals surface area (Å²) in [5.74, 6) is -0.580. The molecule has 1 N–H and O–H groups in total. The number of amides is 1. The second kappa shape index (κ2) is 8.15. The van der Waals surface area contributed by atoms with Gasteiger partial charge in [-0.1, -0.05) is 40.5 Å². The van der Waals surface area contributed by atoms with E-state index in [9.17, 15) is 14.0 Å². The molecule has 0 saturated heterocycles. The summed E-state index contributed by atoms with van der Waals surface area (Å²) in [5.41, 5.74) is 0.949. The van der Waals surface area contributed by atoms with E-state index in [0.29, 0.717) is 17.1 Å². The van der Waals surface area contributed by atoms with Gasteiger partial charge < -0.3 is 14.6 Å². The van der Waals surface area contributed by atoms with Crippen LogP contribution in [0.15, 0.2) is 53.1 Å². The Morgan fingerprint density at radius 3 is 2.52 bits per heavy atom. The van der Waals surface area contributed by atoms with E-state index in [1.807, 2.05) is 0 Å². The van der Waals surface area contributed by atoms with Gasteiger partial charge in [-0.2, -0.15) is 0 Å². The molecule has 0 aliphatic heterocycles. The summed E-state index contributed by atoms with van der Waals surface area (Å²) >= 11 is 11.5. The summed E-state index contributed by atoms with van der Waals surface area (Å²) in [4.78, 5) is 25.0. The van der Waals surface area contributed by atoms with Gasteiger partial charge >= 0.3 is 0 Å². The van der Waals surface area contributed by atoms with Crippen molar-refractivity contribution in [3.63, 3.8) is 0 Å². The van der Waals surface area contributed by atoms with Gasteiger partial charge in [-0.25, -0.2) is 4.39 Å². The summed E-state index contributed by atoms with van der Waals surface area (Å²) in [6.07, 6.45) is 2.55. The molecule has 3 aliphatic carbocycles.